The molecule has 0 saturated carbocycles. The molecule has 0 saturated heterocycles. The molecule has 1 rings (SSSR count). The van der Waals surface area contributed by atoms with Crippen molar-refractivity contribution in [2.24, 2.45) is 0 Å². The molecule has 0 heterocycles. The quantitative estimate of drug-likeness (QED) is 0.866. The molecule has 0 aliphatic carbocycles. The van der Waals surface area contributed by atoms with Gasteiger partial charge in [0.1, 0.15) is 6.07 Å². The van der Waals surface area contributed by atoms with Crippen LogP contribution in [-0.4, -0.2) is 6.54 Å². The molecule has 0 aromatic heterocycles. The summed E-state index contributed by atoms with van der Waals surface area (Å²) in [6, 6.07) is 5.02. The van der Waals surface area contributed by atoms with Gasteiger partial charge in [0, 0.05) is 6.54 Å². The summed E-state index contributed by atoms with van der Waals surface area (Å²) in [5, 5.41) is 11.5. The summed E-state index contributed by atoms with van der Waals surface area (Å²) in [7, 11) is 0. The third-order valence-corrected chi connectivity index (χ3v) is 2.35. The first kappa shape index (κ1) is 10.0. The number of nitrogens with one attached hydrogen (secondary N) is 1. The molecule has 0 amide bonds. The Morgan fingerprint density at radius 3 is 2.85 bits per heavy atom. The Bertz CT molecular complexity index is 357. The average molecular weight is 243 g/mol. The van der Waals surface area contributed by atoms with E-state index in [1.165, 1.54) is 0 Å². The Morgan fingerprint density at radius 1 is 1.62 bits per heavy atom. The number of hydrogen-bond acceptors (Lipinski definition) is 2. The fraction of sp³-hybridized carbons (Fsp3) is 0.222. The normalized spacial score (nSPS) is 9.38. The van der Waals surface area contributed by atoms with Gasteiger partial charge in [-0.3, -0.25) is 0 Å². The third-order valence-electron chi connectivity index (χ3n) is 1.57. The van der Waals surface area contributed by atoms with E-state index in [9.17, 15) is 4.39 Å². The van der Waals surface area contributed by atoms with Gasteiger partial charge < -0.3 is 5.32 Å². The van der Waals surface area contributed by atoms with Crippen molar-refractivity contribution >= 4 is 21.6 Å². The maximum atomic E-state index is 13.4. The zero-order valence-electron chi connectivity index (χ0n) is 7.06. The fourth-order valence-corrected chi connectivity index (χ4v) is 1.40. The second-order valence-electron chi connectivity index (χ2n) is 2.43. The lowest BCUT2D eigenvalue weighted by Gasteiger charge is -2.06. The second-order valence-corrected chi connectivity index (χ2v) is 3.22. The van der Waals surface area contributed by atoms with Crippen molar-refractivity contribution in [2.75, 3.05) is 11.9 Å². The standard InChI is InChI=1S/C9H8BrFN2/c1-2-13-7-4-3-6(5-12)8(10)9(7)11/h3-4,13H,2H2,1H3. The molecule has 4 heteroatoms. The number of halogens is 2. The number of hydrogen-bond donors (Lipinski definition) is 1. The highest BCUT2D eigenvalue weighted by molar-refractivity contribution is 9.10. The molecule has 0 aliphatic heterocycles. The van der Waals surface area contributed by atoms with E-state index in [0.717, 1.165) is 0 Å². The Kier molecular flexibility index (Phi) is 3.26. The van der Waals surface area contributed by atoms with Gasteiger partial charge >= 0.3 is 0 Å². The van der Waals surface area contributed by atoms with Crippen LogP contribution in [0.25, 0.3) is 0 Å². The van der Waals surface area contributed by atoms with Crippen LogP contribution in [0.4, 0.5) is 10.1 Å². The zero-order valence-corrected chi connectivity index (χ0v) is 8.65. The van der Waals surface area contributed by atoms with Crippen molar-refractivity contribution in [3.63, 3.8) is 0 Å². The molecule has 0 unspecified atom stereocenters. The van der Waals surface area contributed by atoms with Crippen LogP contribution in [-0.2, 0) is 0 Å². The van der Waals surface area contributed by atoms with Crippen LogP contribution in [0.1, 0.15) is 12.5 Å². The molecule has 1 aromatic carbocycles. The molecule has 0 atom stereocenters. The highest BCUT2D eigenvalue weighted by Gasteiger charge is 2.09. The highest BCUT2D eigenvalue weighted by atomic mass is 79.9. The van der Waals surface area contributed by atoms with E-state index < -0.39 is 5.82 Å². The van der Waals surface area contributed by atoms with Crippen molar-refractivity contribution in [3.05, 3.63) is 28.0 Å². The van der Waals surface area contributed by atoms with Crippen molar-refractivity contribution in [1.29, 1.82) is 5.26 Å². The largest absolute Gasteiger partial charge is 0.383 e. The molecule has 13 heavy (non-hydrogen) atoms. The van der Waals surface area contributed by atoms with Gasteiger partial charge in [0.2, 0.25) is 0 Å². The number of nitrogens with zero attached hydrogens (tertiary/aromatic N) is 1. The lowest BCUT2D eigenvalue weighted by atomic mass is 10.2. The van der Waals surface area contributed by atoms with E-state index >= 15 is 0 Å². The van der Waals surface area contributed by atoms with Crippen molar-refractivity contribution in [2.45, 2.75) is 6.92 Å². The van der Waals surface area contributed by atoms with Gasteiger partial charge in [-0.15, -0.1) is 0 Å². The fourth-order valence-electron chi connectivity index (χ4n) is 0.963. The van der Waals surface area contributed by atoms with Crippen LogP contribution in [0.15, 0.2) is 16.6 Å². The molecular weight excluding hydrogens is 235 g/mol. The van der Waals surface area contributed by atoms with Gasteiger partial charge in [-0.25, -0.2) is 4.39 Å². The van der Waals surface area contributed by atoms with E-state index in [-0.39, 0.29) is 4.47 Å². The Balaban J connectivity index is 3.17. The molecule has 0 bridgehead atoms. The van der Waals surface area contributed by atoms with Gasteiger partial charge in [0.25, 0.3) is 0 Å². The monoisotopic (exact) mass is 242 g/mol. The van der Waals surface area contributed by atoms with Crippen LogP contribution >= 0.6 is 15.9 Å². The lowest BCUT2D eigenvalue weighted by molar-refractivity contribution is 0.623. The summed E-state index contributed by atoms with van der Waals surface area (Å²) in [4.78, 5) is 0. The van der Waals surface area contributed by atoms with Gasteiger partial charge in [-0.2, -0.15) is 5.26 Å². The van der Waals surface area contributed by atoms with Crippen LogP contribution in [0, 0.1) is 17.1 Å². The Labute approximate surface area is 84.5 Å². The molecule has 1 N–H and O–H groups in total. The maximum absolute atomic E-state index is 13.4. The predicted molar refractivity (Wildman–Crippen MR) is 53.0 cm³/mol. The number of rotatable bonds is 2. The molecule has 1 aromatic rings. The topological polar surface area (TPSA) is 35.8 Å². The summed E-state index contributed by atoms with van der Waals surface area (Å²) in [6.45, 7) is 2.53. The smallest absolute Gasteiger partial charge is 0.161 e. The Hall–Kier alpha value is -1.08. The lowest BCUT2D eigenvalue weighted by Crippen LogP contribution is -2.00. The molecule has 0 radical (unpaired) electrons. The zero-order chi connectivity index (χ0) is 9.84. The summed E-state index contributed by atoms with van der Waals surface area (Å²) in [5.41, 5.74) is 0.715. The van der Waals surface area contributed by atoms with Gasteiger partial charge in [0.05, 0.1) is 15.7 Å². The predicted octanol–water partition coefficient (Wildman–Crippen LogP) is 2.89. The van der Waals surface area contributed by atoms with Gasteiger partial charge in [0.15, 0.2) is 5.82 Å². The van der Waals surface area contributed by atoms with Gasteiger partial charge in [-0.1, -0.05) is 0 Å². The minimum Gasteiger partial charge on any atom is -0.383 e. The number of benzene rings is 1. The minimum absolute atomic E-state index is 0.216. The van der Waals surface area contributed by atoms with Crippen LogP contribution < -0.4 is 5.32 Å². The van der Waals surface area contributed by atoms with E-state index in [4.69, 9.17) is 5.26 Å². The SMILES string of the molecule is CCNc1ccc(C#N)c(Br)c1F. The number of nitriles is 1. The van der Waals surface area contributed by atoms with Crippen molar-refractivity contribution in [1.82, 2.24) is 0 Å². The highest BCUT2D eigenvalue weighted by Crippen LogP contribution is 2.26. The molecule has 68 valence electrons. The van der Waals surface area contributed by atoms with Crippen molar-refractivity contribution in [3.8, 4) is 6.07 Å². The van der Waals surface area contributed by atoms with Gasteiger partial charge in [-0.05, 0) is 35.0 Å². The Morgan fingerprint density at radius 2 is 2.31 bits per heavy atom. The summed E-state index contributed by atoms with van der Waals surface area (Å²) >= 11 is 3.02. The minimum atomic E-state index is -0.416. The molecule has 0 fully saturated rings. The maximum Gasteiger partial charge on any atom is 0.161 e. The van der Waals surface area contributed by atoms with E-state index in [0.29, 0.717) is 17.8 Å². The molecular formula is C9H8BrFN2. The summed E-state index contributed by atoms with van der Waals surface area (Å²) < 4.78 is 13.6. The summed E-state index contributed by atoms with van der Waals surface area (Å²) in [5.74, 6) is -0.416. The van der Waals surface area contributed by atoms with Crippen LogP contribution in [0.5, 0.6) is 0 Å². The van der Waals surface area contributed by atoms with Crippen LogP contribution in [0.3, 0.4) is 0 Å². The van der Waals surface area contributed by atoms with E-state index in [1.54, 1.807) is 12.1 Å². The molecule has 2 nitrogen and oxygen atoms in total. The van der Waals surface area contributed by atoms with E-state index in [2.05, 4.69) is 21.2 Å². The van der Waals surface area contributed by atoms with Crippen molar-refractivity contribution < 1.29 is 4.39 Å². The van der Waals surface area contributed by atoms with E-state index in [1.807, 2.05) is 13.0 Å². The second kappa shape index (κ2) is 4.24. The summed E-state index contributed by atoms with van der Waals surface area (Å²) in [6.07, 6.45) is 0. The molecule has 0 aliphatic rings. The first-order valence-corrected chi connectivity index (χ1v) is 4.62. The number of anilines is 1. The first-order valence-electron chi connectivity index (χ1n) is 3.82. The average Bonchev–Trinajstić information content (AvgIpc) is 2.14. The van der Waals surface area contributed by atoms with Crippen LogP contribution in [0.2, 0.25) is 0 Å². The first-order chi connectivity index (χ1) is 6.20. The molecule has 0 spiro atoms. The third kappa shape index (κ3) is 1.99.